The van der Waals surface area contributed by atoms with Crippen LogP contribution >= 0.6 is 0 Å². The molecule has 1 fully saturated rings. The number of piperidine rings is 1. The molecule has 128 valence electrons. The number of hydrogen-bond acceptors (Lipinski definition) is 4. The maximum atomic E-state index is 12.8. The van der Waals surface area contributed by atoms with E-state index in [2.05, 4.69) is 10.2 Å². The van der Waals surface area contributed by atoms with Crippen LogP contribution in [0.1, 0.15) is 34.9 Å². The summed E-state index contributed by atoms with van der Waals surface area (Å²) in [5.41, 5.74) is 1.53. The Morgan fingerprint density at radius 3 is 2.80 bits per heavy atom. The molecule has 0 radical (unpaired) electrons. The minimum absolute atomic E-state index is 0.0566. The average Bonchev–Trinajstić information content (AvgIpc) is 3.12. The highest BCUT2D eigenvalue weighted by Gasteiger charge is 2.28. The molecule has 1 atom stereocenters. The molecule has 4 rings (SSSR count). The molecule has 6 heteroatoms. The van der Waals surface area contributed by atoms with E-state index in [1.54, 1.807) is 7.11 Å². The van der Waals surface area contributed by atoms with E-state index in [0.717, 1.165) is 36.6 Å². The Kier molecular flexibility index (Phi) is 4.09. The van der Waals surface area contributed by atoms with Gasteiger partial charge in [-0.2, -0.15) is 0 Å². The second kappa shape index (κ2) is 6.55. The van der Waals surface area contributed by atoms with Crippen LogP contribution in [-0.2, 0) is 0 Å². The van der Waals surface area contributed by atoms with Crippen molar-refractivity contribution in [1.29, 1.82) is 0 Å². The van der Waals surface area contributed by atoms with Crippen LogP contribution in [0.25, 0.3) is 5.65 Å². The Labute approximate surface area is 146 Å². The van der Waals surface area contributed by atoms with Crippen molar-refractivity contribution in [2.45, 2.75) is 18.8 Å². The summed E-state index contributed by atoms with van der Waals surface area (Å²) in [4.78, 5) is 14.7. The first kappa shape index (κ1) is 15.6. The van der Waals surface area contributed by atoms with Gasteiger partial charge in [0.15, 0.2) is 5.65 Å². The van der Waals surface area contributed by atoms with Crippen molar-refractivity contribution < 1.29 is 9.53 Å². The first-order valence-electron chi connectivity index (χ1n) is 8.49. The molecule has 0 saturated carbocycles. The van der Waals surface area contributed by atoms with E-state index < -0.39 is 0 Å². The molecule has 1 aliphatic heterocycles. The molecule has 25 heavy (non-hydrogen) atoms. The Morgan fingerprint density at radius 1 is 1.16 bits per heavy atom. The maximum Gasteiger partial charge on any atom is 0.253 e. The monoisotopic (exact) mass is 336 g/mol. The minimum Gasteiger partial charge on any atom is -0.497 e. The number of amides is 1. The molecule has 1 amide bonds. The first-order valence-corrected chi connectivity index (χ1v) is 8.49. The number of rotatable bonds is 3. The van der Waals surface area contributed by atoms with E-state index in [-0.39, 0.29) is 11.8 Å². The number of methoxy groups -OCH3 is 1. The van der Waals surface area contributed by atoms with Crippen molar-refractivity contribution in [2.75, 3.05) is 20.2 Å². The van der Waals surface area contributed by atoms with Gasteiger partial charge in [-0.05, 0) is 49.2 Å². The molecule has 0 spiro atoms. The average molecular weight is 336 g/mol. The number of likely N-dealkylation sites (tertiary alicyclic amines) is 1. The third-order valence-electron chi connectivity index (χ3n) is 4.75. The lowest BCUT2D eigenvalue weighted by Crippen LogP contribution is -2.39. The van der Waals surface area contributed by atoms with E-state index >= 15 is 0 Å². The third-order valence-corrected chi connectivity index (χ3v) is 4.75. The van der Waals surface area contributed by atoms with Crippen LogP contribution in [0.4, 0.5) is 0 Å². The molecule has 1 aromatic carbocycles. The van der Waals surface area contributed by atoms with Crippen LogP contribution in [0.3, 0.4) is 0 Å². The van der Waals surface area contributed by atoms with Gasteiger partial charge in [0.05, 0.1) is 7.11 Å². The van der Waals surface area contributed by atoms with Crippen LogP contribution in [0.15, 0.2) is 48.7 Å². The predicted molar refractivity (Wildman–Crippen MR) is 93.9 cm³/mol. The highest BCUT2D eigenvalue weighted by Crippen LogP contribution is 2.27. The summed E-state index contributed by atoms with van der Waals surface area (Å²) in [5, 5.41) is 8.60. The highest BCUT2D eigenvalue weighted by atomic mass is 16.5. The number of aromatic nitrogens is 3. The molecule has 2 aromatic heterocycles. The lowest BCUT2D eigenvalue weighted by atomic mass is 9.96. The number of nitrogens with zero attached hydrogens (tertiary/aromatic N) is 4. The van der Waals surface area contributed by atoms with Gasteiger partial charge in [-0.15, -0.1) is 10.2 Å². The Morgan fingerprint density at radius 2 is 2.00 bits per heavy atom. The zero-order chi connectivity index (χ0) is 17.2. The molecular formula is C19H20N4O2. The second-order valence-corrected chi connectivity index (χ2v) is 6.31. The van der Waals surface area contributed by atoms with Gasteiger partial charge in [0.2, 0.25) is 0 Å². The fourth-order valence-corrected chi connectivity index (χ4v) is 3.43. The summed E-state index contributed by atoms with van der Waals surface area (Å²) < 4.78 is 7.18. The topological polar surface area (TPSA) is 59.7 Å². The van der Waals surface area contributed by atoms with E-state index in [9.17, 15) is 4.79 Å². The standard InChI is InChI=1S/C19H20N4O2/c1-25-16-9-7-14(8-10-16)19(24)22-11-4-5-15(13-22)18-21-20-17-6-2-3-12-23(17)18/h2-3,6-10,12,15H,4-5,11,13H2,1H3. The summed E-state index contributed by atoms with van der Waals surface area (Å²) in [6.07, 6.45) is 3.96. The molecular weight excluding hydrogens is 316 g/mol. The number of fused-ring (bicyclic) bond motifs is 1. The maximum absolute atomic E-state index is 12.8. The lowest BCUT2D eigenvalue weighted by Gasteiger charge is -2.32. The summed E-state index contributed by atoms with van der Waals surface area (Å²) in [6, 6.07) is 13.1. The summed E-state index contributed by atoms with van der Waals surface area (Å²) in [6.45, 7) is 1.44. The van der Waals surface area contributed by atoms with E-state index in [1.807, 2.05) is 58.0 Å². The molecule has 3 aromatic rings. The number of carbonyl (C=O) groups is 1. The Bertz CT molecular complexity index is 888. The molecule has 1 unspecified atom stereocenters. The quantitative estimate of drug-likeness (QED) is 0.738. The van der Waals surface area contributed by atoms with Crippen molar-refractivity contribution >= 4 is 11.6 Å². The van der Waals surface area contributed by atoms with Crippen LogP contribution in [-0.4, -0.2) is 45.6 Å². The largest absolute Gasteiger partial charge is 0.497 e. The summed E-state index contributed by atoms with van der Waals surface area (Å²) in [5.74, 6) is 1.94. The first-order chi connectivity index (χ1) is 12.3. The summed E-state index contributed by atoms with van der Waals surface area (Å²) >= 11 is 0. The summed E-state index contributed by atoms with van der Waals surface area (Å²) in [7, 11) is 1.62. The molecule has 6 nitrogen and oxygen atoms in total. The van der Waals surface area contributed by atoms with Crippen molar-refractivity contribution in [1.82, 2.24) is 19.5 Å². The molecule has 0 bridgehead atoms. The molecule has 0 N–H and O–H groups in total. The van der Waals surface area contributed by atoms with E-state index in [0.29, 0.717) is 12.1 Å². The Balaban J connectivity index is 1.55. The van der Waals surface area contributed by atoms with Gasteiger partial charge in [-0.3, -0.25) is 9.20 Å². The van der Waals surface area contributed by atoms with Gasteiger partial charge < -0.3 is 9.64 Å². The van der Waals surface area contributed by atoms with Gasteiger partial charge in [0.1, 0.15) is 11.6 Å². The highest BCUT2D eigenvalue weighted by molar-refractivity contribution is 5.94. The Hall–Kier alpha value is -2.89. The minimum atomic E-state index is 0.0566. The van der Waals surface area contributed by atoms with Crippen molar-refractivity contribution in [3.8, 4) is 5.75 Å². The van der Waals surface area contributed by atoms with Gasteiger partial charge in [0.25, 0.3) is 5.91 Å². The molecule has 3 heterocycles. The van der Waals surface area contributed by atoms with Crippen molar-refractivity contribution in [2.24, 2.45) is 0 Å². The number of pyridine rings is 1. The van der Waals surface area contributed by atoms with Crippen LogP contribution in [0.5, 0.6) is 5.75 Å². The van der Waals surface area contributed by atoms with Gasteiger partial charge >= 0.3 is 0 Å². The number of benzene rings is 1. The molecule has 0 aliphatic carbocycles. The predicted octanol–water partition coefficient (Wildman–Crippen LogP) is 2.76. The van der Waals surface area contributed by atoms with Crippen LogP contribution < -0.4 is 4.74 Å². The van der Waals surface area contributed by atoms with Gasteiger partial charge in [-0.25, -0.2) is 0 Å². The second-order valence-electron chi connectivity index (χ2n) is 6.31. The van der Waals surface area contributed by atoms with Crippen molar-refractivity contribution in [3.63, 3.8) is 0 Å². The SMILES string of the molecule is COc1ccc(C(=O)N2CCCC(c3nnc4ccccn34)C2)cc1. The number of ether oxygens (including phenoxy) is 1. The van der Waals surface area contributed by atoms with Gasteiger partial charge in [-0.1, -0.05) is 6.07 Å². The fraction of sp³-hybridized carbons (Fsp3) is 0.316. The molecule has 1 saturated heterocycles. The van der Waals surface area contributed by atoms with E-state index in [4.69, 9.17) is 4.74 Å². The zero-order valence-corrected chi connectivity index (χ0v) is 14.1. The number of carbonyl (C=O) groups excluding carboxylic acids is 1. The normalized spacial score (nSPS) is 17.6. The van der Waals surface area contributed by atoms with E-state index in [1.165, 1.54) is 0 Å². The fourth-order valence-electron chi connectivity index (χ4n) is 3.43. The van der Waals surface area contributed by atoms with Crippen LogP contribution in [0, 0.1) is 0 Å². The third kappa shape index (κ3) is 2.95. The molecule has 1 aliphatic rings. The smallest absolute Gasteiger partial charge is 0.253 e. The van der Waals surface area contributed by atoms with Crippen molar-refractivity contribution in [3.05, 3.63) is 60.0 Å². The number of hydrogen-bond donors (Lipinski definition) is 0. The zero-order valence-electron chi connectivity index (χ0n) is 14.1. The van der Waals surface area contributed by atoms with Gasteiger partial charge in [0, 0.05) is 30.8 Å². The lowest BCUT2D eigenvalue weighted by molar-refractivity contribution is 0.0704. The van der Waals surface area contributed by atoms with Crippen LogP contribution in [0.2, 0.25) is 0 Å².